The van der Waals surface area contributed by atoms with Gasteiger partial charge in [-0.3, -0.25) is 0 Å². The Morgan fingerprint density at radius 1 is 0.372 bits per heavy atom. The molecule has 0 unspecified atom stereocenters. The first kappa shape index (κ1) is 24.1. The Morgan fingerprint density at radius 2 is 0.721 bits per heavy atom. The summed E-state index contributed by atoms with van der Waals surface area (Å²) in [5.41, 5.74) is 9.12. The Kier molecular flexibility index (Phi) is 5.33. The van der Waals surface area contributed by atoms with Crippen molar-refractivity contribution in [2.45, 2.75) is 0 Å². The summed E-state index contributed by atoms with van der Waals surface area (Å²) in [5.74, 6) is 0. The van der Waals surface area contributed by atoms with Gasteiger partial charge in [0.05, 0.1) is 22.1 Å². The molecule has 0 aliphatic heterocycles. The highest BCUT2D eigenvalue weighted by Gasteiger charge is 2.16. The van der Waals surface area contributed by atoms with Gasteiger partial charge in [0.2, 0.25) is 0 Å². The van der Waals surface area contributed by atoms with Gasteiger partial charge in [0.25, 0.3) is 0 Å². The molecule has 0 amide bonds. The van der Waals surface area contributed by atoms with Crippen molar-refractivity contribution in [2.75, 3.05) is 0 Å². The van der Waals surface area contributed by atoms with E-state index in [9.17, 15) is 0 Å². The normalized spacial score (nSPS) is 11.7. The fourth-order valence-electron chi connectivity index (χ4n) is 6.41. The van der Waals surface area contributed by atoms with Gasteiger partial charge >= 0.3 is 0 Å². The van der Waals surface area contributed by atoms with Crippen LogP contribution >= 0.6 is 11.3 Å². The molecule has 4 nitrogen and oxygen atoms in total. The minimum atomic E-state index is 0.903. The maximum Gasteiger partial charge on any atom is 0.148 e. The fraction of sp³-hybridized carbons (Fsp3) is 0. The number of hydrogen-bond donors (Lipinski definition) is 0. The highest BCUT2D eigenvalue weighted by molar-refractivity contribution is 7.17. The van der Waals surface area contributed by atoms with Crippen LogP contribution in [0.5, 0.6) is 0 Å². The highest BCUT2D eigenvalue weighted by Crippen LogP contribution is 2.37. The topological polar surface area (TPSA) is 35.6 Å². The Morgan fingerprint density at radius 3 is 1.09 bits per heavy atom. The third-order valence-corrected chi connectivity index (χ3v) is 9.31. The summed E-state index contributed by atoms with van der Waals surface area (Å²) in [6, 6.07) is 51.6. The molecule has 3 aromatic heterocycles. The number of hydrogen-bond acceptors (Lipinski definition) is 3. The summed E-state index contributed by atoms with van der Waals surface area (Å²) < 4.78 is 4.68. The molecular weight excluding hydrogens is 545 g/mol. The number of fused-ring (bicyclic) bond motifs is 6. The van der Waals surface area contributed by atoms with Crippen LogP contribution in [0.1, 0.15) is 0 Å². The summed E-state index contributed by atoms with van der Waals surface area (Å²) >= 11 is 1.62. The van der Waals surface area contributed by atoms with Gasteiger partial charge in [-0.05, 0) is 48.5 Å². The van der Waals surface area contributed by atoms with Crippen molar-refractivity contribution in [3.05, 3.63) is 146 Å². The van der Waals surface area contributed by atoms with Crippen LogP contribution in [0, 0.1) is 0 Å². The van der Waals surface area contributed by atoms with Gasteiger partial charge < -0.3 is 9.13 Å². The van der Waals surface area contributed by atoms with E-state index in [2.05, 4.69) is 165 Å². The Bertz CT molecular complexity index is 2200. The largest absolute Gasteiger partial charge is 0.309 e. The van der Waals surface area contributed by atoms with Crippen molar-refractivity contribution in [1.29, 1.82) is 0 Å². The van der Waals surface area contributed by atoms with E-state index in [-0.39, 0.29) is 0 Å². The van der Waals surface area contributed by atoms with Crippen LogP contribution in [0.2, 0.25) is 0 Å². The molecule has 0 bridgehead atoms. The third kappa shape index (κ3) is 3.75. The molecule has 0 spiro atoms. The van der Waals surface area contributed by atoms with Crippen LogP contribution in [-0.4, -0.2) is 19.3 Å². The van der Waals surface area contributed by atoms with Crippen molar-refractivity contribution >= 4 is 54.9 Å². The van der Waals surface area contributed by atoms with Crippen LogP contribution < -0.4 is 0 Å². The minimum absolute atomic E-state index is 0.903. The van der Waals surface area contributed by atoms with E-state index in [1.54, 1.807) is 11.3 Å². The van der Waals surface area contributed by atoms with Gasteiger partial charge in [0.1, 0.15) is 10.0 Å². The van der Waals surface area contributed by atoms with Crippen LogP contribution in [-0.2, 0) is 0 Å². The van der Waals surface area contributed by atoms with Gasteiger partial charge in [0.15, 0.2) is 0 Å². The van der Waals surface area contributed by atoms with E-state index in [0.29, 0.717) is 0 Å². The lowest BCUT2D eigenvalue weighted by molar-refractivity contribution is 1.10. The first-order chi connectivity index (χ1) is 21.3. The van der Waals surface area contributed by atoms with E-state index >= 15 is 0 Å². The second kappa shape index (κ2) is 9.51. The Hall–Kier alpha value is -5.52. The lowest BCUT2D eigenvalue weighted by Crippen LogP contribution is -1.94. The maximum atomic E-state index is 4.65. The summed E-state index contributed by atoms with van der Waals surface area (Å²) in [4.78, 5) is 0. The second-order valence-electron chi connectivity index (χ2n) is 10.8. The average Bonchev–Trinajstić information content (AvgIpc) is 3.78. The van der Waals surface area contributed by atoms with Gasteiger partial charge in [-0.25, -0.2) is 0 Å². The van der Waals surface area contributed by atoms with Crippen molar-refractivity contribution in [2.24, 2.45) is 0 Å². The van der Waals surface area contributed by atoms with E-state index in [4.69, 9.17) is 0 Å². The molecular formula is C38H24N4S. The molecule has 3 heterocycles. The number of benzene rings is 6. The quantitative estimate of drug-likeness (QED) is 0.212. The first-order valence-corrected chi connectivity index (χ1v) is 15.2. The second-order valence-corrected chi connectivity index (χ2v) is 11.7. The fourth-order valence-corrected chi connectivity index (χ4v) is 7.25. The van der Waals surface area contributed by atoms with Crippen molar-refractivity contribution in [1.82, 2.24) is 19.3 Å². The molecule has 0 atom stereocenters. The van der Waals surface area contributed by atoms with Gasteiger partial charge in [-0.15, -0.1) is 10.2 Å². The van der Waals surface area contributed by atoms with E-state index in [1.165, 1.54) is 43.6 Å². The van der Waals surface area contributed by atoms with Gasteiger partial charge in [-0.2, -0.15) is 0 Å². The minimum Gasteiger partial charge on any atom is -0.309 e. The lowest BCUT2D eigenvalue weighted by Gasteiger charge is -2.09. The number of rotatable bonds is 4. The zero-order valence-corrected chi connectivity index (χ0v) is 23.9. The molecule has 6 aromatic carbocycles. The van der Waals surface area contributed by atoms with Crippen molar-refractivity contribution < 1.29 is 0 Å². The highest BCUT2D eigenvalue weighted by atomic mass is 32.1. The monoisotopic (exact) mass is 568 g/mol. The molecule has 9 aromatic rings. The summed E-state index contributed by atoms with van der Waals surface area (Å²) in [5, 5.41) is 16.1. The number of para-hydroxylation sites is 4. The van der Waals surface area contributed by atoms with Crippen LogP contribution in [0.3, 0.4) is 0 Å². The molecule has 43 heavy (non-hydrogen) atoms. The van der Waals surface area contributed by atoms with Gasteiger partial charge in [-0.1, -0.05) is 108 Å². The first-order valence-electron chi connectivity index (χ1n) is 14.3. The molecule has 0 aliphatic rings. The average molecular weight is 569 g/mol. The van der Waals surface area contributed by atoms with Gasteiger partial charge in [0, 0.05) is 44.0 Å². The van der Waals surface area contributed by atoms with Crippen LogP contribution in [0.4, 0.5) is 0 Å². The predicted octanol–water partition coefficient (Wildman–Crippen LogP) is 10.1. The molecule has 0 N–H and O–H groups in total. The van der Waals surface area contributed by atoms with E-state index < -0.39 is 0 Å². The molecule has 0 aliphatic carbocycles. The summed E-state index contributed by atoms with van der Waals surface area (Å²) in [6.07, 6.45) is 0. The van der Waals surface area contributed by atoms with Crippen LogP contribution in [0.15, 0.2) is 146 Å². The van der Waals surface area contributed by atoms with E-state index in [0.717, 1.165) is 32.5 Å². The van der Waals surface area contributed by atoms with E-state index in [1.807, 2.05) is 0 Å². The van der Waals surface area contributed by atoms with Crippen molar-refractivity contribution in [3.8, 4) is 32.5 Å². The lowest BCUT2D eigenvalue weighted by atomic mass is 10.2. The molecule has 0 saturated carbocycles. The number of nitrogens with zero attached hydrogens (tertiary/aromatic N) is 4. The molecule has 0 radical (unpaired) electrons. The predicted molar refractivity (Wildman–Crippen MR) is 179 cm³/mol. The Labute approximate surface area is 251 Å². The molecule has 9 rings (SSSR count). The SMILES string of the molecule is c1cc(-c2nnc(-c3cccc(-n4c5ccccc5c5ccccc54)c3)s2)cc(-n2c3ccccc3c3ccccc32)c1. The summed E-state index contributed by atoms with van der Waals surface area (Å²) in [6.45, 7) is 0. The van der Waals surface area contributed by atoms with Crippen molar-refractivity contribution in [3.63, 3.8) is 0 Å². The third-order valence-electron chi connectivity index (χ3n) is 8.29. The standard InChI is InChI=1S/C38H24N4S/c1-5-19-33-29(15-1)30-16-2-6-20-34(30)41(33)27-13-9-11-25(23-27)37-39-40-38(43-37)26-12-10-14-28(24-26)42-35-21-7-3-17-31(35)32-18-4-8-22-36(32)42/h1-24H. The van der Waals surface area contributed by atoms with Crippen LogP contribution in [0.25, 0.3) is 76.1 Å². The molecule has 5 heteroatoms. The molecule has 0 fully saturated rings. The Balaban J connectivity index is 1.13. The zero-order valence-electron chi connectivity index (χ0n) is 23.1. The summed E-state index contributed by atoms with van der Waals surface area (Å²) in [7, 11) is 0. The molecule has 202 valence electrons. The number of aromatic nitrogens is 4. The molecule has 0 saturated heterocycles. The maximum absolute atomic E-state index is 4.65. The zero-order chi connectivity index (χ0) is 28.3. The smallest absolute Gasteiger partial charge is 0.148 e.